The first kappa shape index (κ1) is 19.5. The number of fused-ring (bicyclic) bond motifs is 1. The van der Waals surface area contributed by atoms with Crippen molar-refractivity contribution in [2.24, 2.45) is 5.41 Å². The Morgan fingerprint density at radius 3 is 2.68 bits per heavy atom. The Labute approximate surface area is 164 Å². The SMILES string of the molecule is COc1cccc(/C=C2/Oc3ccc(C)cc3N(CC(C)(C)C(=O)O)C2=O)c1. The third kappa shape index (κ3) is 3.86. The first-order valence-electron chi connectivity index (χ1n) is 8.91. The van der Waals surface area contributed by atoms with Gasteiger partial charge in [-0.15, -0.1) is 0 Å². The lowest BCUT2D eigenvalue weighted by Gasteiger charge is -2.34. The van der Waals surface area contributed by atoms with E-state index in [0.717, 1.165) is 11.1 Å². The number of rotatable bonds is 5. The molecule has 1 aliphatic rings. The lowest BCUT2D eigenvalue weighted by atomic mass is 9.92. The molecule has 0 fully saturated rings. The maximum absolute atomic E-state index is 13.2. The summed E-state index contributed by atoms with van der Waals surface area (Å²) in [6.45, 7) is 5.13. The summed E-state index contributed by atoms with van der Waals surface area (Å²) in [5.41, 5.74) is 1.15. The van der Waals surface area contributed by atoms with Crippen molar-refractivity contribution in [1.82, 2.24) is 0 Å². The summed E-state index contributed by atoms with van der Waals surface area (Å²) in [5.74, 6) is -0.0432. The standard InChI is InChI=1S/C22H23NO5/c1-14-8-9-18-17(10-14)23(13-22(2,3)21(25)26)20(24)19(28-18)12-15-6-5-7-16(11-15)27-4/h5-12H,13H2,1-4H3,(H,25,26)/b19-12+. The molecule has 0 bridgehead atoms. The van der Waals surface area contributed by atoms with E-state index in [1.165, 1.54) is 4.90 Å². The fourth-order valence-corrected chi connectivity index (χ4v) is 2.92. The van der Waals surface area contributed by atoms with Gasteiger partial charge in [0.15, 0.2) is 11.5 Å². The molecule has 0 saturated heterocycles. The molecule has 0 aliphatic carbocycles. The molecule has 3 rings (SSSR count). The summed E-state index contributed by atoms with van der Waals surface area (Å²) in [6.07, 6.45) is 1.63. The smallest absolute Gasteiger partial charge is 0.310 e. The predicted octanol–water partition coefficient (Wildman–Crippen LogP) is 3.88. The normalized spacial score (nSPS) is 15.2. The van der Waals surface area contributed by atoms with E-state index in [4.69, 9.17) is 9.47 Å². The van der Waals surface area contributed by atoms with Gasteiger partial charge in [-0.25, -0.2) is 0 Å². The van der Waals surface area contributed by atoms with Gasteiger partial charge in [-0.3, -0.25) is 9.59 Å². The molecular weight excluding hydrogens is 358 g/mol. The summed E-state index contributed by atoms with van der Waals surface area (Å²) < 4.78 is 11.1. The van der Waals surface area contributed by atoms with Crippen LogP contribution in [0.2, 0.25) is 0 Å². The molecule has 0 saturated carbocycles. The number of ether oxygens (including phenoxy) is 2. The van der Waals surface area contributed by atoms with Gasteiger partial charge in [-0.2, -0.15) is 0 Å². The average molecular weight is 381 g/mol. The number of aryl methyl sites for hydroxylation is 1. The van der Waals surface area contributed by atoms with E-state index < -0.39 is 11.4 Å². The maximum Gasteiger partial charge on any atom is 0.310 e. The Balaban J connectivity index is 2.06. The Bertz CT molecular complexity index is 961. The van der Waals surface area contributed by atoms with Crippen molar-refractivity contribution in [2.75, 3.05) is 18.6 Å². The van der Waals surface area contributed by atoms with Crippen molar-refractivity contribution in [3.63, 3.8) is 0 Å². The fraction of sp³-hybridized carbons (Fsp3) is 0.273. The molecular formula is C22H23NO5. The summed E-state index contributed by atoms with van der Waals surface area (Å²) in [4.78, 5) is 26.3. The number of nitrogens with zero attached hydrogens (tertiary/aromatic N) is 1. The van der Waals surface area contributed by atoms with Crippen LogP contribution in [0.25, 0.3) is 6.08 Å². The van der Waals surface area contributed by atoms with E-state index in [9.17, 15) is 14.7 Å². The number of aliphatic carboxylic acids is 1. The molecule has 0 spiro atoms. The molecule has 0 atom stereocenters. The van der Waals surface area contributed by atoms with Crippen LogP contribution in [0, 0.1) is 12.3 Å². The van der Waals surface area contributed by atoms with E-state index in [1.54, 1.807) is 39.2 Å². The van der Waals surface area contributed by atoms with E-state index in [1.807, 2.05) is 37.3 Å². The van der Waals surface area contributed by atoms with Crippen molar-refractivity contribution in [3.8, 4) is 11.5 Å². The van der Waals surface area contributed by atoms with Gasteiger partial charge in [0.1, 0.15) is 5.75 Å². The molecule has 0 radical (unpaired) electrons. The number of benzene rings is 2. The van der Waals surface area contributed by atoms with E-state index in [-0.39, 0.29) is 18.2 Å². The highest BCUT2D eigenvalue weighted by molar-refractivity contribution is 6.10. The molecule has 28 heavy (non-hydrogen) atoms. The van der Waals surface area contributed by atoms with Crippen molar-refractivity contribution in [3.05, 3.63) is 59.4 Å². The monoisotopic (exact) mass is 381 g/mol. The van der Waals surface area contributed by atoms with Gasteiger partial charge in [0.2, 0.25) is 0 Å². The molecule has 1 N–H and O–H groups in total. The molecule has 1 amide bonds. The van der Waals surface area contributed by atoms with Gasteiger partial charge in [0.25, 0.3) is 5.91 Å². The van der Waals surface area contributed by atoms with Crippen molar-refractivity contribution in [2.45, 2.75) is 20.8 Å². The third-order valence-corrected chi connectivity index (χ3v) is 4.60. The third-order valence-electron chi connectivity index (χ3n) is 4.60. The number of hydrogen-bond donors (Lipinski definition) is 1. The van der Waals surface area contributed by atoms with Gasteiger partial charge >= 0.3 is 5.97 Å². The number of methoxy groups -OCH3 is 1. The van der Waals surface area contributed by atoms with Crippen molar-refractivity contribution < 1.29 is 24.2 Å². The van der Waals surface area contributed by atoms with Crippen LogP contribution in [0.3, 0.4) is 0 Å². The lowest BCUT2D eigenvalue weighted by Crippen LogP contribution is -2.45. The van der Waals surface area contributed by atoms with Crippen LogP contribution in [-0.4, -0.2) is 30.6 Å². The molecule has 0 aromatic heterocycles. The molecule has 2 aromatic rings. The van der Waals surface area contributed by atoms with Crippen LogP contribution in [-0.2, 0) is 9.59 Å². The largest absolute Gasteiger partial charge is 0.497 e. The highest BCUT2D eigenvalue weighted by Crippen LogP contribution is 2.38. The minimum Gasteiger partial charge on any atom is -0.497 e. The number of amides is 1. The van der Waals surface area contributed by atoms with Crippen LogP contribution in [0.4, 0.5) is 5.69 Å². The number of carbonyl (C=O) groups excluding carboxylic acids is 1. The van der Waals surface area contributed by atoms with Crippen LogP contribution in [0.15, 0.2) is 48.2 Å². The highest BCUT2D eigenvalue weighted by Gasteiger charge is 2.37. The fourth-order valence-electron chi connectivity index (χ4n) is 2.92. The zero-order valence-corrected chi connectivity index (χ0v) is 16.4. The number of carboxylic acids is 1. The van der Waals surface area contributed by atoms with Gasteiger partial charge in [-0.1, -0.05) is 18.2 Å². The van der Waals surface area contributed by atoms with E-state index >= 15 is 0 Å². The van der Waals surface area contributed by atoms with E-state index in [0.29, 0.717) is 17.2 Å². The average Bonchev–Trinajstić information content (AvgIpc) is 2.65. The Morgan fingerprint density at radius 1 is 1.25 bits per heavy atom. The summed E-state index contributed by atoms with van der Waals surface area (Å²) in [7, 11) is 1.57. The second kappa shape index (κ2) is 7.38. The molecule has 6 heteroatoms. The molecule has 1 heterocycles. The van der Waals surface area contributed by atoms with Crippen LogP contribution < -0.4 is 14.4 Å². The molecule has 1 aliphatic heterocycles. The quantitative estimate of drug-likeness (QED) is 0.796. The van der Waals surface area contributed by atoms with Crippen LogP contribution in [0.5, 0.6) is 11.5 Å². The zero-order chi connectivity index (χ0) is 20.5. The van der Waals surface area contributed by atoms with Crippen LogP contribution in [0.1, 0.15) is 25.0 Å². The second-order valence-corrected chi connectivity index (χ2v) is 7.44. The van der Waals surface area contributed by atoms with Gasteiger partial charge in [0.05, 0.1) is 18.2 Å². The van der Waals surface area contributed by atoms with Gasteiger partial charge in [-0.05, 0) is 62.2 Å². The first-order chi connectivity index (χ1) is 13.2. The van der Waals surface area contributed by atoms with Crippen molar-refractivity contribution in [1.29, 1.82) is 0 Å². The number of hydrogen-bond acceptors (Lipinski definition) is 4. The number of anilines is 1. The molecule has 6 nitrogen and oxygen atoms in total. The molecule has 2 aromatic carbocycles. The summed E-state index contributed by atoms with van der Waals surface area (Å²) in [6, 6.07) is 12.8. The topological polar surface area (TPSA) is 76.1 Å². The molecule has 0 unspecified atom stereocenters. The lowest BCUT2D eigenvalue weighted by molar-refractivity contribution is -0.146. The Kier molecular flexibility index (Phi) is 5.14. The highest BCUT2D eigenvalue weighted by atomic mass is 16.5. The molecule has 146 valence electrons. The van der Waals surface area contributed by atoms with E-state index in [2.05, 4.69) is 0 Å². The second-order valence-electron chi connectivity index (χ2n) is 7.44. The van der Waals surface area contributed by atoms with Crippen molar-refractivity contribution >= 4 is 23.6 Å². The van der Waals surface area contributed by atoms with Crippen LogP contribution >= 0.6 is 0 Å². The minimum atomic E-state index is -1.12. The van der Waals surface area contributed by atoms with Gasteiger partial charge < -0.3 is 19.5 Å². The zero-order valence-electron chi connectivity index (χ0n) is 16.4. The number of carbonyl (C=O) groups is 2. The predicted molar refractivity (Wildman–Crippen MR) is 107 cm³/mol. The van der Waals surface area contributed by atoms with Gasteiger partial charge in [0, 0.05) is 6.54 Å². The number of carboxylic acid groups (broad SMARTS) is 1. The summed E-state index contributed by atoms with van der Waals surface area (Å²) >= 11 is 0. The Hall–Kier alpha value is -3.28. The Morgan fingerprint density at radius 2 is 2.00 bits per heavy atom. The first-order valence-corrected chi connectivity index (χ1v) is 8.91. The summed E-state index contributed by atoms with van der Waals surface area (Å²) in [5, 5.41) is 9.52. The maximum atomic E-state index is 13.2. The minimum absolute atomic E-state index is 0.0242.